The molecule has 1 aromatic rings. The minimum atomic E-state index is -1.19. The summed E-state index contributed by atoms with van der Waals surface area (Å²) in [6.45, 7) is 8.71. The number of hydrogen-bond donors (Lipinski definition) is 2. The van der Waals surface area contributed by atoms with Gasteiger partial charge in [-0.25, -0.2) is 9.59 Å². The molecule has 0 aromatic heterocycles. The van der Waals surface area contributed by atoms with E-state index in [2.05, 4.69) is 5.32 Å². The summed E-state index contributed by atoms with van der Waals surface area (Å²) in [5, 5.41) is 12.6. The van der Waals surface area contributed by atoms with E-state index in [0.29, 0.717) is 0 Å². The molecule has 0 aliphatic rings. The zero-order chi connectivity index (χ0) is 18.3. The Hall–Kier alpha value is -2.08. The van der Waals surface area contributed by atoms with Gasteiger partial charge < -0.3 is 19.9 Å². The summed E-state index contributed by atoms with van der Waals surface area (Å²) in [6, 6.07) is 7.99. The minimum absolute atomic E-state index is 0.0665. The van der Waals surface area contributed by atoms with Gasteiger partial charge in [0.15, 0.2) is 6.04 Å². The summed E-state index contributed by atoms with van der Waals surface area (Å²) >= 11 is 0. The molecule has 0 bridgehead atoms. The maximum absolute atomic E-state index is 12.3. The Kier molecular flexibility index (Phi) is 7.22. The Bertz CT molecular complexity index is 536. The van der Waals surface area contributed by atoms with E-state index in [1.807, 2.05) is 30.3 Å². The van der Waals surface area contributed by atoms with Crippen LogP contribution in [-0.4, -0.2) is 34.9 Å². The summed E-state index contributed by atoms with van der Waals surface area (Å²) < 4.78 is 10.4. The van der Waals surface area contributed by atoms with E-state index < -0.39 is 29.8 Å². The van der Waals surface area contributed by atoms with Crippen molar-refractivity contribution in [1.82, 2.24) is 5.32 Å². The van der Waals surface area contributed by atoms with Crippen LogP contribution in [-0.2, 0) is 20.9 Å². The number of aliphatic hydroxyl groups is 1. The second kappa shape index (κ2) is 8.68. The van der Waals surface area contributed by atoms with Gasteiger partial charge in [0.05, 0.1) is 6.10 Å². The zero-order valence-corrected chi connectivity index (χ0v) is 14.9. The van der Waals surface area contributed by atoms with Crippen LogP contribution in [0.1, 0.15) is 40.2 Å². The quantitative estimate of drug-likeness (QED) is 0.780. The second-order valence-electron chi connectivity index (χ2n) is 6.95. The molecule has 0 radical (unpaired) electrons. The van der Waals surface area contributed by atoms with Crippen molar-refractivity contribution in [2.45, 2.75) is 59.0 Å². The first-order valence-electron chi connectivity index (χ1n) is 7.98. The van der Waals surface area contributed by atoms with Crippen molar-refractivity contribution in [2.24, 2.45) is 5.92 Å². The highest BCUT2D eigenvalue weighted by atomic mass is 16.6. The molecule has 0 unspecified atom stereocenters. The molecule has 0 spiro atoms. The molecule has 1 rings (SSSR count). The molecule has 134 valence electrons. The Morgan fingerprint density at radius 1 is 1.17 bits per heavy atom. The van der Waals surface area contributed by atoms with Crippen LogP contribution in [0.3, 0.4) is 0 Å². The molecule has 6 heteroatoms. The highest BCUT2D eigenvalue weighted by Crippen LogP contribution is 2.12. The fourth-order valence-corrected chi connectivity index (χ4v) is 1.92. The number of carbonyl (C=O) groups is 2. The van der Waals surface area contributed by atoms with Crippen LogP contribution in [0.15, 0.2) is 30.3 Å². The lowest BCUT2D eigenvalue weighted by molar-refractivity contribution is -0.151. The van der Waals surface area contributed by atoms with Crippen molar-refractivity contribution in [3.8, 4) is 0 Å². The summed E-state index contributed by atoms with van der Waals surface area (Å²) in [5.41, 5.74) is 0.117. The Balaban J connectivity index is 2.73. The number of carbonyl (C=O) groups excluding carboxylic acids is 2. The molecule has 1 amide bonds. The number of ether oxygens (including phenoxy) is 2. The second-order valence-corrected chi connectivity index (χ2v) is 6.95. The molecule has 0 aliphatic carbocycles. The van der Waals surface area contributed by atoms with Crippen LogP contribution >= 0.6 is 0 Å². The number of nitrogens with one attached hydrogen (secondary N) is 1. The number of aliphatic hydroxyl groups excluding tert-OH is 1. The van der Waals surface area contributed by atoms with Crippen molar-refractivity contribution in [2.75, 3.05) is 0 Å². The lowest BCUT2D eigenvalue weighted by atomic mass is 10.00. The van der Waals surface area contributed by atoms with Crippen LogP contribution < -0.4 is 5.32 Å². The average molecular weight is 337 g/mol. The van der Waals surface area contributed by atoms with Gasteiger partial charge in [0.25, 0.3) is 0 Å². The fraction of sp³-hybridized carbons (Fsp3) is 0.556. The van der Waals surface area contributed by atoms with Crippen LogP contribution in [0.25, 0.3) is 0 Å². The molecule has 2 N–H and O–H groups in total. The Morgan fingerprint density at radius 3 is 2.25 bits per heavy atom. The molecular formula is C18H27NO5. The van der Waals surface area contributed by atoms with Gasteiger partial charge in [0.1, 0.15) is 12.2 Å². The van der Waals surface area contributed by atoms with Gasteiger partial charge in [0.2, 0.25) is 0 Å². The summed E-state index contributed by atoms with van der Waals surface area (Å²) in [7, 11) is 0. The maximum atomic E-state index is 12.3. The highest BCUT2D eigenvalue weighted by molar-refractivity contribution is 5.82. The third kappa shape index (κ3) is 7.00. The van der Waals surface area contributed by atoms with Gasteiger partial charge in [-0.05, 0) is 32.3 Å². The number of hydrogen-bond acceptors (Lipinski definition) is 5. The molecule has 0 saturated heterocycles. The van der Waals surface area contributed by atoms with Crippen molar-refractivity contribution < 1.29 is 24.2 Å². The van der Waals surface area contributed by atoms with Crippen molar-refractivity contribution in [3.63, 3.8) is 0 Å². The first kappa shape index (κ1) is 20.0. The van der Waals surface area contributed by atoms with E-state index in [-0.39, 0.29) is 12.5 Å². The van der Waals surface area contributed by atoms with E-state index in [0.717, 1.165) is 5.56 Å². The Labute approximate surface area is 143 Å². The largest absolute Gasteiger partial charge is 0.459 e. The molecule has 0 aliphatic heterocycles. The van der Waals surface area contributed by atoms with Gasteiger partial charge in [0, 0.05) is 0 Å². The first-order valence-corrected chi connectivity index (χ1v) is 7.98. The van der Waals surface area contributed by atoms with Gasteiger partial charge in [-0.1, -0.05) is 44.2 Å². The number of esters is 1. The molecule has 6 nitrogen and oxygen atoms in total. The molecule has 1 aromatic carbocycles. The molecule has 0 fully saturated rings. The lowest BCUT2D eigenvalue weighted by Gasteiger charge is -2.27. The van der Waals surface area contributed by atoms with Gasteiger partial charge in [-0.15, -0.1) is 0 Å². The predicted octanol–water partition coefficient (Wildman–Crippen LogP) is 2.64. The average Bonchev–Trinajstić information content (AvgIpc) is 2.48. The van der Waals surface area contributed by atoms with Crippen molar-refractivity contribution in [1.29, 1.82) is 0 Å². The van der Waals surface area contributed by atoms with E-state index in [4.69, 9.17) is 9.47 Å². The van der Waals surface area contributed by atoms with Gasteiger partial charge >= 0.3 is 12.1 Å². The Morgan fingerprint density at radius 2 is 1.75 bits per heavy atom. The fourth-order valence-electron chi connectivity index (χ4n) is 1.92. The summed E-state index contributed by atoms with van der Waals surface area (Å²) in [6.07, 6.45) is -1.86. The van der Waals surface area contributed by atoms with E-state index in [1.54, 1.807) is 34.6 Å². The van der Waals surface area contributed by atoms with E-state index >= 15 is 0 Å². The lowest BCUT2D eigenvalue weighted by Crippen LogP contribution is -2.52. The molecular weight excluding hydrogens is 310 g/mol. The SMILES string of the molecule is CC(C)[C@@H](O)[C@H](NC(=O)OC(C)(C)C)C(=O)OCc1ccccc1. The number of rotatable bonds is 6. The molecule has 0 saturated carbocycles. The monoisotopic (exact) mass is 337 g/mol. The normalized spacial score (nSPS) is 14.0. The number of alkyl carbamates (subject to hydrolysis) is 1. The van der Waals surface area contributed by atoms with E-state index in [9.17, 15) is 14.7 Å². The minimum Gasteiger partial charge on any atom is -0.459 e. The van der Waals surface area contributed by atoms with Crippen molar-refractivity contribution >= 4 is 12.1 Å². The molecule has 24 heavy (non-hydrogen) atoms. The first-order chi connectivity index (χ1) is 11.1. The summed E-state index contributed by atoms with van der Waals surface area (Å²) in [5.74, 6) is -0.944. The number of amides is 1. The van der Waals surface area contributed by atoms with Gasteiger partial charge in [-0.2, -0.15) is 0 Å². The zero-order valence-electron chi connectivity index (χ0n) is 14.9. The van der Waals surface area contributed by atoms with Crippen LogP contribution in [0.2, 0.25) is 0 Å². The van der Waals surface area contributed by atoms with Crippen LogP contribution in [0.4, 0.5) is 4.79 Å². The number of benzene rings is 1. The predicted molar refractivity (Wildman–Crippen MR) is 90.2 cm³/mol. The van der Waals surface area contributed by atoms with Crippen molar-refractivity contribution in [3.05, 3.63) is 35.9 Å². The maximum Gasteiger partial charge on any atom is 0.408 e. The molecule has 0 heterocycles. The van der Waals surface area contributed by atoms with E-state index in [1.165, 1.54) is 0 Å². The smallest absolute Gasteiger partial charge is 0.408 e. The van der Waals surface area contributed by atoms with Crippen LogP contribution in [0, 0.1) is 5.92 Å². The summed E-state index contributed by atoms with van der Waals surface area (Å²) in [4.78, 5) is 24.2. The third-order valence-electron chi connectivity index (χ3n) is 3.17. The van der Waals surface area contributed by atoms with Crippen LogP contribution in [0.5, 0.6) is 0 Å². The topological polar surface area (TPSA) is 84.9 Å². The van der Waals surface area contributed by atoms with Gasteiger partial charge in [-0.3, -0.25) is 0 Å². The molecule has 2 atom stereocenters. The highest BCUT2D eigenvalue weighted by Gasteiger charge is 2.33. The third-order valence-corrected chi connectivity index (χ3v) is 3.17. The standard InChI is InChI=1S/C18H27NO5/c1-12(2)15(20)14(19-17(22)24-18(3,4)5)16(21)23-11-13-9-7-6-8-10-13/h6-10,12,14-15,20H,11H2,1-5H3,(H,19,22)/t14-,15+/m0/s1.